The summed E-state index contributed by atoms with van der Waals surface area (Å²) >= 11 is 0. The fourth-order valence-corrected chi connectivity index (χ4v) is 2.56. The average molecular weight is 266 g/mol. The highest BCUT2D eigenvalue weighted by Crippen LogP contribution is 2.46. The molecule has 1 N–H and O–H groups in total. The van der Waals surface area contributed by atoms with Crippen LogP contribution >= 0.6 is 0 Å². The molecule has 0 aliphatic carbocycles. The number of methoxy groups -OCH3 is 1. The molecule has 1 aliphatic heterocycles. The maximum atomic E-state index is 8.69. The van der Waals surface area contributed by atoms with Crippen molar-refractivity contribution in [3.05, 3.63) is 48.0 Å². The smallest absolute Gasteiger partial charge is 0.176 e. The van der Waals surface area contributed by atoms with Gasteiger partial charge in [0.25, 0.3) is 0 Å². The predicted molar refractivity (Wildman–Crippen MR) is 75.4 cm³/mol. The summed E-state index contributed by atoms with van der Waals surface area (Å²) in [4.78, 5) is 0. The van der Waals surface area contributed by atoms with Crippen LogP contribution in [0.4, 0.5) is 0 Å². The molecule has 1 aliphatic rings. The molecule has 0 amide bonds. The summed E-state index contributed by atoms with van der Waals surface area (Å²) in [5, 5.41) is 11.4. The van der Waals surface area contributed by atoms with Crippen LogP contribution in [0.1, 0.15) is 11.7 Å². The molecule has 2 aromatic carbocycles. The first kappa shape index (κ1) is 12.4. The van der Waals surface area contributed by atoms with Crippen LogP contribution in [0.25, 0.3) is 11.1 Å². The monoisotopic (exact) mass is 266 g/mol. The van der Waals surface area contributed by atoms with E-state index >= 15 is 0 Å². The van der Waals surface area contributed by atoms with E-state index in [2.05, 4.69) is 11.4 Å². The quantitative estimate of drug-likeness (QED) is 0.685. The Labute approximate surface area is 117 Å². The average Bonchev–Trinajstić information content (AvgIpc) is 2.51. The van der Waals surface area contributed by atoms with Crippen LogP contribution < -0.4 is 14.8 Å². The van der Waals surface area contributed by atoms with Gasteiger partial charge in [-0.05, 0) is 17.7 Å². The van der Waals surface area contributed by atoms with Gasteiger partial charge in [0.15, 0.2) is 6.19 Å². The lowest BCUT2D eigenvalue weighted by molar-refractivity contribution is 0.203. The van der Waals surface area contributed by atoms with E-state index in [0.29, 0.717) is 6.54 Å². The summed E-state index contributed by atoms with van der Waals surface area (Å²) in [6.07, 6.45) is 1.76. The van der Waals surface area contributed by atoms with Crippen LogP contribution in [-0.4, -0.2) is 13.7 Å². The zero-order valence-corrected chi connectivity index (χ0v) is 11.1. The zero-order chi connectivity index (χ0) is 13.9. The highest BCUT2D eigenvalue weighted by atomic mass is 16.5. The SMILES string of the molecule is COc1cccc2c1-c1ccccc1C(CNC#N)O2. The van der Waals surface area contributed by atoms with Crippen molar-refractivity contribution >= 4 is 0 Å². The molecule has 0 spiro atoms. The molecule has 0 aromatic heterocycles. The van der Waals surface area contributed by atoms with Crippen molar-refractivity contribution in [3.63, 3.8) is 0 Å². The number of fused-ring (bicyclic) bond motifs is 3. The Morgan fingerprint density at radius 2 is 2.10 bits per heavy atom. The number of nitrogens with one attached hydrogen (secondary N) is 1. The van der Waals surface area contributed by atoms with E-state index in [1.54, 1.807) is 7.11 Å². The minimum Gasteiger partial charge on any atom is -0.496 e. The van der Waals surface area contributed by atoms with E-state index in [1.165, 1.54) is 0 Å². The van der Waals surface area contributed by atoms with Crippen molar-refractivity contribution in [3.8, 4) is 28.8 Å². The molecule has 4 heteroatoms. The molecule has 100 valence electrons. The largest absolute Gasteiger partial charge is 0.496 e. The van der Waals surface area contributed by atoms with E-state index in [1.807, 2.05) is 42.6 Å². The summed E-state index contributed by atoms with van der Waals surface area (Å²) in [6, 6.07) is 13.8. The second-order valence-electron chi connectivity index (χ2n) is 4.52. The molecule has 3 rings (SSSR count). The number of nitrogens with zero attached hydrogens (tertiary/aromatic N) is 1. The Bertz CT molecular complexity index is 676. The first-order valence-electron chi connectivity index (χ1n) is 6.40. The number of ether oxygens (including phenoxy) is 2. The van der Waals surface area contributed by atoms with Gasteiger partial charge in [-0.15, -0.1) is 0 Å². The molecule has 1 unspecified atom stereocenters. The summed E-state index contributed by atoms with van der Waals surface area (Å²) in [5.74, 6) is 1.58. The van der Waals surface area contributed by atoms with Gasteiger partial charge in [-0.2, -0.15) is 5.26 Å². The predicted octanol–water partition coefficient (Wildman–Crippen LogP) is 2.87. The van der Waals surface area contributed by atoms with Crippen LogP contribution in [0.5, 0.6) is 11.5 Å². The molecule has 20 heavy (non-hydrogen) atoms. The van der Waals surface area contributed by atoms with Gasteiger partial charge in [0.05, 0.1) is 19.2 Å². The minimum absolute atomic E-state index is 0.176. The second kappa shape index (κ2) is 5.14. The fraction of sp³-hybridized carbons (Fsp3) is 0.188. The lowest BCUT2D eigenvalue weighted by Gasteiger charge is -2.29. The maximum absolute atomic E-state index is 8.69. The van der Waals surface area contributed by atoms with Crippen LogP contribution in [0.3, 0.4) is 0 Å². The first-order valence-corrected chi connectivity index (χ1v) is 6.40. The zero-order valence-electron chi connectivity index (χ0n) is 11.1. The molecule has 0 radical (unpaired) electrons. The van der Waals surface area contributed by atoms with Crippen LogP contribution in [-0.2, 0) is 0 Å². The van der Waals surface area contributed by atoms with E-state index in [9.17, 15) is 0 Å². The molecular formula is C16H14N2O2. The minimum atomic E-state index is -0.176. The Morgan fingerprint density at radius 3 is 2.90 bits per heavy atom. The second-order valence-corrected chi connectivity index (χ2v) is 4.52. The fourth-order valence-electron chi connectivity index (χ4n) is 2.56. The third-order valence-corrected chi connectivity index (χ3v) is 3.42. The van der Waals surface area contributed by atoms with Crippen molar-refractivity contribution in [2.75, 3.05) is 13.7 Å². The highest BCUT2D eigenvalue weighted by Gasteiger charge is 2.27. The molecule has 0 bridgehead atoms. The maximum Gasteiger partial charge on any atom is 0.176 e. The third kappa shape index (κ3) is 1.94. The molecule has 4 nitrogen and oxygen atoms in total. The first-order chi connectivity index (χ1) is 9.85. The lowest BCUT2D eigenvalue weighted by Crippen LogP contribution is -2.24. The summed E-state index contributed by atoms with van der Waals surface area (Å²) in [5.41, 5.74) is 3.13. The Kier molecular flexibility index (Phi) is 3.18. The number of nitriles is 1. The highest BCUT2D eigenvalue weighted by molar-refractivity contribution is 5.81. The molecule has 1 atom stereocenters. The van der Waals surface area contributed by atoms with E-state index in [-0.39, 0.29) is 6.10 Å². The Balaban J connectivity index is 2.14. The summed E-state index contributed by atoms with van der Waals surface area (Å²) in [7, 11) is 1.65. The lowest BCUT2D eigenvalue weighted by atomic mass is 9.92. The van der Waals surface area contributed by atoms with Crippen molar-refractivity contribution < 1.29 is 9.47 Å². The third-order valence-electron chi connectivity index (χ3n) is 3.42. The molecular weight excluding hydrogens is 252 g/mol. The molecule has 0 saturated carbocycles. The van der Waals surface area contributed by atoms with Crippen molar-refractivity contribution in [2.24, 2.45) is 0 Å². The van der Waals surface area contributed by atoms with Crippen molar-refractivity contribution in [1.82, 2.24) is 5.32 Å². The van der Waals surface area contributed by atoms with Crippen molar-refractivity contribution in [2.45, 2.75) is 6.10 Å². The Hall–Kier alpha value is -2.67. The van der Waals surface area contributed by atoms with Crippen LogP contribution in [0.15, 0.2) is 42.5 Å². The van der Waals surface area contributed by atoms with Gasteiger partial charge in [-0.25, -0.2) is 0 Å². The van der Waals surface area contributed by atoms with Gasteiger partial charge >= 0.3 is 0 Å². The van der Waals surface area contributed by atoms with Gasteiger partial charge < -0.3 is 14.8 Å². The standard InChI is InChI=1S/C16H14N2O2/c1-19-13-7-4-8-14-16(13)12-6-3-2-5-11(12)15(20-14)9-18-10-17/h2-8,15,18H,9H2,1H3. The van der Waals surface area contributed by atoms with E-state index in [4.69, 9.17) is 14.7 Å². The Morgan fingerprint density at radius 1 is 1.25 bits per heavy atom. The van der Waals surface area contributed by atoms with Crippen LogP contribution in [0, 0.1) is 11.5 Å². The number of rotatable bonds is 3. The number of hydrogen-bond acceptors (Lipinski definition) is 4. The van der Waals surface area contributed by atoms with Gasteiger partial charge in [-0.3, -0.25) is 0 Å². The normalized spacial score (nSPS) is 15.3. The van der Waals surface area contributed by atoms with Gasteiger partial charge in [0.1, 0.15) is 17.6 Å². The van der Waals surface area contributed by atoms with Gasteiger partial charge in [0.2, 0.25) is 0 Å². The van der Waals surface area contributed by atoms with E-state index in [0.717, 1.165) is 28.2 Å². The number of benzene rings is 2. The van der Waals surface area contributed by atoms with E-state index < -0.39 is 0 Å². The van der Waals surface area contributed by atoms with Gasteiger partial charge in [-0.1, -0.05) is 30.3 Å². The molecule has 2 aromatic rings. The van der Waals surface area contributed by atoms with Crippen molar-refractivity contribution in [1.29, 1.82) is 5.26 Å². The summed E-state index contributed by atoms with van der Waals surface area (Å²) in [6.45, 7) is 0.449. The van der Waals surface area contributed by atoms with Crippen LogP contribution in [0.2, 0.25) is 0 Å². The number of hydrogen-bond donors (Lipinski definition) is 1. The van der Waals surface area contributed by atoms with Gasteiger partial charge in [0, 0.05) is 5.56 Å². The molecule has 0 saturated heterocycles. The molecule has 0 fully saturated rings. The topological polar surface area (TPSA) is 54.3 Å². The summed E-state index contributed by atoms with van der Waals surface area (Å²) < 4.78 is 11.4. The molecule has 1 heterocycles.